The van der Waals surface area contributed by atoms with Gasteiger partial charge in [0.25, 0.3) is 11.8 Å². The minimum Gasteiger partial charge on any atom is -0.493 e. The van der Waals surface area contributed by atoms with Gasteiger partial charge in [0.2, 0.25) is 5.88 Å². The summed E-state index contributed by atoms with van der Waals surface area (Å²) in [5.74, 6) is 0.746. The van der Waals surface area contributed by atoms with E-state index in [9.17, 15) is 23.2 Å². The van der Waals surface area contributed by atoms with Crippen LogP contribution in [0, 0.1) is 11.6 Å². The molecule has 0 aliphatic carbocycles. The molecule has 0 saturated carbocycles. The average molecular weight is 611 g/mol. The second kappa shape index (κ2) is 14.0. The van der Waals surface area contributed by atoms with Crippen LogP contribution >= 0.6 is 11.8 Å². The van der Waals surface area contributed by atoms with Gasteiger partial charge in [-0.3, -0.25) is 14.5 Å². The lowest BCUT2D eigenvalue weighted by Crippen LogP contribution is -2.42. The van der Waals surface area contributed by atoms with Crippen LogP contribution in [0.5, 0.6) is 11.6 Å². The first-order valence-corrected chi connectivity index (χ1v) is 14.6. The number of nitrogens with one attached hydrogen (secondary N) is 3. The molecule has 0 saturated heterocycles. The average Bonchev–Trinajstić information content (AvgIpc) is 3.30. The van der Waals surface area contributed by atoms with Gasteiger partial charge in [0.15, 0.2) is 0 Å². The Hall–Kier alpha value is -4.72. The van der Waals surface area contributed by atoms with Crippen molar-refractivity contribution in [3.8, 4) is 22.8 Å². The molecule has 0 fully saturated rings. The number of benzene rings is 1. The number of carbonyl (C=O) groups excluding carboxylic acids is 3. The van der Waals surface area contributed by atoms with Crippen LogP contribution in [0.2, 0.25) is 0 Å². The van der Waals surface area contributed by atoms with Gasteiger partial charge >= 0.3 is 6.03 Å². The predicted molar refractivity (Wildman–Crippen MR) is 156 cm³/mol. The molecule has 2 aliphatic heterocycles. The fourth-order valence-corrected chi connectivity index (χ4v) is 5.10. The molecule has 5 rings (SSSR count). The third-order valence-electron chi connectivity index (χ3n) is 6.33. The van der Waals surface area contributed by atoms with Gasteiger partial charge in [-0.1, -0.05) is 0 Å². The Balaban J connectivity index is 1.17. The molecule has 4 amide bonds. The predicted octanol–water partition coefficient (Wildman–Crippen LogP) is 3.78. The SMILES string of the molecule is O=C(NCCSCc1cc2nc(c1)OCCCOc1cc(F)ccc1-c1cc(ncc1F)N2)NCCN1C(=O)C=CC1=O. The quantitative estimate of drug-likeness (QED) is 0.257. The normalized spacial score (nSPS) is 14.2. The standard InChI is InChI=1S/C29H28F2N6O5S/c30-19-2-3-20-21-15-24(34-16-22(21)31)35-25-12-18(13-26(36-25)42-10-1-9-41-23(20)14-19)17-43-11-7-33-29(40)32-6-8-37-27(38)4-5-28(37)39/h2-5,12-16H,1,6-11,17H2,(H2,32,33,40)(H,34,35,36). The summed E-state index contributed by atoms with van der Waals surface area (Å²) in [6.07, 6.45) is 3.97. The number of nitrogens with zero attached hydrogens (tertiary/aromatic N) is 3. The molecule has 2 aromatic heterocycles. The highest BCUT2D eigenvalue weighted by molar-refractivity contribution is 7.98. The van der Waals surface area contributed by atoms with Gasteiger partial charge in [-0.15, -0.1) is 0 Å². The highest BCUT2D eigenvalue weighted by Crippen LogP contribution is 2.34. The summed E-state index contributed by atoms with van der Waals surface area (Å²) in [4.78, 5) is 44.8. The molecule has 0 atom stereocenters. The summed E-state index contributed by atoms with van der Waals surface area (Å²) in [5, 5.41) is 8.47. The van der Waals surface area contributed by atoms with Crippen LogP contribution in [0.4, 0.5) is 25.2 Å². The first-order chi connectivity index (χ1) is 20.9. The van der Waals surface area contributed by atoms with Crippen molar-refractivity contribution in [1.29, 1.82) is 0 Å². The maximum atomic E-state index is 14.8. The van der Waals surface area contributed by atoms with Crippen molar-refractivity contribution in [1.82, 2.24) is 25.5 Å². The van der Waals surface area contributed by atoms with E-state index >= 15 is 0 Å². The molecule has 0 unspecified atom stereocenters. The maximum Gasteiger partial charge on any atom is 0.314 e. The van der Waals surface area contributed by atoms with E-state index in [4.69, 9.17) is 9.47 Å². The molecule has 3 N–H and O–H groups in total. The second-order valence-corrected chi connectivity index (χ2v) is 10.6. The zero-order valence-electron chi connectivity index (χ0n) is 22.9. The molecule has 3 aromatic rings. The Morgan fingerprint density at radius 3 is 2.60 bits per heavy atom. The van der Waals surface area contributed by atoms with Gasteiger partial charge in [0.05, 0.1) is 19.4 Å². The zero-order chi connectivity index (χ0) is 30.2. The van der Waals surface area contributed by atoms with Crippen LogP contribution in [0.3, 0.4) is 0 Å². The maximum absolute atomic E-state index is 14.8. The second-order valence-electron chi connectivity index (χ2n) is 9.46. The number of halogens is 2. The van der Waals surface area contributed by atoms with Gasteiger partial charge in [0, 0.05) is 73.0 Å². The monoisotopic (exact) mass is 610 g/mol. The van der Waals surface area contributed by atoms with E-state index in [0.29, 0.717) is 54.2 Å². The Labute approximate surface area is 250 Å². The number of hydrogen-bond acceptors (Lipinski definition) is 9. The number of pyridine rings is 2. The van der Waals surface area contributed by atoms with Gasteiger partial charge in [-0.25, -0.2) is 18.6 Å². The van der Waals surface area contributed by atoms with Crippen LogP contribution in [-0.4, -0.2) is 71.3 Å². The zero-order valence-corrected chi connectivity index (χ0v) is 23.7. The number of ether oxygens (including phenoxy) is 2. The number of urea groups is 1. The van der Waals surface area contributed by atoms with Crippen LogP contribution in [0.25, 0.3) is 11.1 Å². The first-order valence-electron chi connectivity index (χ1n) is 13.5. The highest BCUT2D eigenvalue weighted by atomic mass is 32.2. The number of carbonyl (C=O) groups is 3. The molecular formula is C29H28F2N6O5S. The van der Waals surface area contributed by atoms with E-state index < -0.39 is 29.5 Å². The molecular weight excluding hydrogens is 582 g/mol. The van der Waals surface area contributed by atoms with Crippen LogP contribution in [0.1, 0.15) is 12.0 Å². The highest BCUT2D eigenvalue weighted by Gasteiger charge is 2.22. The van der Waals surface area contributed by atoms with Crippen LogP contribution < -0.4 is 25.4 Å². The van der Waals surface area contributed by atoms with Crippen LogP contribution in [-0.2, 0) is 15.3 Å². The largest absolute Gasteiger partial charge is 0.493 e. The summed E-state index contributed by atoms with van der Waals surface area (Å²) < 4.78 is 40.4. The molecule has 224 valence electrons. The van der Waals surface area contributed by atoms with Gasteiger partial charge in [-0.05, 0) is 29.8 Å². The topological polar surface area (TPSA) is 135 Å². The summed E-state index contributed by atoms with van der Waals surface area (Å²) in [7, 11) is 0. The Morgan fingerprint density at radius 2 is 1.77 bits per heavy atom. The van der Waals surface area contributed by atoms with E-state index in [1.54, 1.807) is 11.8 Å². The molecule has 0 spiro atoms. The van der Waals surface area contributed by atoms with Crippen molar-refractivity contribution >= 4 is 41.2 Å². The third-order valence-corrected chi connectivity index (χ3v) is 7.36. The lowest BCUT2D eigenvalue weighted by Gasteiger charge is -2.16. The number of anilines is 2. The van der Waals surface area contributed by atoms with Crippen molar-refractivity contribution < 1.29 is 32.6 Å². The summed E-state index contributed by atoms with van der Waals surface area (Å²) >= 11 is 1.58. The molecule has 4 heterocycles. The molecule has 4 bridgehead atoms. The van der Waals surface area contributed by atoms with E-state index in [1.165, 1.54) is 36.4 Å². The number of hydrogen-bond donors (Lipinski definition) is 3. The van der Waals surface area contributed by atoms with Crippen molar-refractivity contribution in [2.24, 2.45) is 0 Å². The number of rotatable bonds is 8. The third kappa shape index (κ3) is 7.97. The number of thioether (sulfide) groups is 1. The fourth-order valence-electron chi connectivity index (χ4n) is 4.30. The van der Waals surface area contributed by atoms with Gasteiger partial charge in [-0.2, -0.15) is 16.7 Å². The van der Waals surface area contributed by atoms with Crippen LogP contribution in [0.15, 0.2) is 54.7 Å². The van der Waals surface area contributed by atoms with Gasteiger partial charge < -0.3 is 25.4 Å². The Kier molecular flexibility index (Phi) is 9.66. The molecule has 11 nitrogen and oxygen atoms in total. The number of imide groups is 1. The molecule has 43 heavy (non-hydrogen) atoms. The van der Waals surface area contributed by atoms with Gasteiger partial charge in [0.1, 0.15) is 29.0 Å². The van der Waals surface area contributed by atoms with E-state index in [0.717, 1.165) is 16.7 Å². The first kappa shape index (κ1) is 29.8. The van der Waals surface area contributed by atoms with Crippen molar-refractivity contribution in [2.45, 2.75) is 12.2 Å². The Morgan fingerprint density at radius 1 is 0.977 bits per heavy atom. The van der Waals surface area contributed by atoms with Crippen molar-refractivity contribution in [3.63, 3.8) is 0 Å². The molecule has 2 aliphatic rings. The van der Waals surface area contributed by atoms with E-state index in [2.05, 4.69) is 25.9 Å². The molecule has 1 aromatic carbocycles. The van der Waals surface area contributed by atoms with E-state index in [1.807, 2.05) is 12.1 Å². The summed E-state index contributed by atoms with van der Waals surface area (Å²) in [6, 6.07) is 8.71. The summed E-state index contributed by atoms with van der Waals surface area (Å²) in [6.45, 7) is 1.16. The summed E-state index contributed by atoms with van der Waals surface area (Å²) in [5.41, 5.74) is 1.51. The smallest absolute Gasteiger partial charge is 0.314 e. The van der Waals surface area contributed by atoms with Crippen molar-refractivity contribution in [3.05, 3.63) is 71.9 Å². The fraction of sp³-hybridized carbons (Fsp3) is 0.276. The minimum atomic E-state index is -0.576. The van der Waals surface area contributed by atoms with E-state index in [-0.39, 0.29) is 31.0 Å². The Bertz CT molecular complexity index is 1540. The number of aromatic nitrogens is 2. The lowest BCUT2D eigenvalue weighted by atomic mass is 10.0. The lowest BCUT2D eigenvalue weighted by molar-refractivity contribution is -0.136. The van der Waals surface area contributed by atoms with Crippen molar-refractivity contribution in [2.75, 3.05) is 43.9 Å². The minimum absolute atomic E-state index is 0.102. The number of amides is 4. The molecule has 0 radical (unpaired) electrons. The number of fused-ring (bicyclic) bond motifs is 6. The molecule has 14 heteroatoms.